The number of carbonyl (C=O) groups is 3. The molecule has 1 aliphatic rings. The van der Waals surface area contributed by atoms with Crippen LogP contribution in [0.2, 0.25) is 0 Å². The van der Waals surface area contributed by atoms with Crippen LogP contribution in [0.25, 0.3) is 0 Å². The predicted octanol–water partition coefficient (Wildman–Crippen LogP) is 3.61. The Bertz CT molecular complexity index is 853. The average Bonchev–Trinajstić information content (AvgIpc) is 2.99. The average molecular weight is 369 g/mol. The van der Waals surface area contributed by atoms with Crippen molar-refractivity contribution in [1.29, 1.82) is 0 Å². The van der Waals surface area contributed by atoms with E-state index in [2.05, 4.69) is 0 Å². The molecule has 1 N–H and O–H groups in total. The van der Waals surface area contributed by atoms with E-state index in [0.29, 0.717) is 49.2 Å². The maximum absolute atomic E-state index is 13.1. The zero-order chi connectivity index (χ0) is 19.4. The molecule has 0 saturated carbocycles. The van der Waals surface area contributed by atoms with Crippen molar-refractivity contribution in [2.75, 3.05) is 6.54 Å². The molecule has 0 fully saturated rings. The van der Waals surface area contributed by atoms with Gasteiger partial charge in [0, 0.05) is 37.9 Å². The first-order chi connectivity index (χ1) is 13.0. The molecule has 3 rings (SSSR count). The fraction of sp³-hybridized carbons (Fsp3) is 0.381. The van der Waals surface area contributed by atoms with E-state index < -0.39 is 5.97 Å². The van der Waals surface area contributed by atoms with Crippen molar-refractivity contribution in [3.05, 3.63) is 58.5 Å². The number of aryl methyl sites for hydroxylation is 1. The van der Waals surface area contributed by atoms with Crippen LogP contribution in [0.3, 0.4) is 0 Å². The molecule has 1 aromatic carbocycles. The summed E-state index contributed by atoms with van der Waals surface area (Å²) < 4.78 is 5.79. The maximum atomic E-state index is 13.1. The molecule has 0 unspecified atom stereocenters. The van der Waals surface area contributed by atoms with Gasteiger partial charge in [-0.1, -0.05) is 30.3 Å². The normalized spacial score (nSPS) is 13.3. The van der Waals surface area contributed by atoms with Crippen LogP contribution in [0.5, 0.6) is 0 Å². The quantitative estimate of drug-likeness (QED) is 0.805. The van der Waals surface area contributed by atoms with Gasteiger partial charge in [0.05, 0.1) is 5.56 Å². The molecule has 0 aliphatic heterocycles. The van der Waals surface area contributed by atoms with Gasteiger partial charge in [-0.05, 0) is 25.3 Å². The lowest BCUT2D eigenvalue weighted by molar-refractivity contribution is -0.137. The summed E-state index contributed by atoms with van der Waals surface area (Å²) in [4.78, 5) is 37.8. The minimum Gasteiger partial charge on any atom is -0.481 e. The molecule has 2 aromatic rings. The summed E-state index contributed by atoms with van der Waals surface area (Å²) in [5.41, 5.74) is 2.09. The Morgan fingerprint density at radius 2 is 1.93 bits per heavy atom. The summed E-state index contributed by atoms with van der Waals surface area (Å²) in [6.45, 7) is 2.41. The number of carboxylic acid groups (broad SMARTS) is 1. The fourth-order valence-electron chi connectivity index (χ4n) is 3.47. The van der Waals surface area contributed by atoms with Crippen molar-refractivity contribution in [2.24, 2.45) is 0 Å². The highest BCUT2D eigenvalue weighted by atomic mass is 16.4. The highest BCUT2D eigenvalue weighted by Crippen LogP contribution is 2.30. The summed E-state index contributed by atoms with van der Waals surface area (Å²) in [5.74, 6) is -0.378. The van der Waals surface area contributed by atoms with Crippen LogP contribution in [0, 0.1) is 6.92 Å². The number of benzene rings is 1. The van der Waals surface area contributed by atoms with Crippen molar-refractivity contribution in [3.8, 4) is 0 Å². The number of amides is 1. The largest absolute Gasteiger partial charge is 0.481 e. The van der Waals surface area contributed by atoms with Crippen molar-refractivity contribution >= 4 is 17.7 Å². The number of hydrogen-bond donors (Lipinski definition) is 1. The summed E-state index contributed by atoms with van der Waals surface area (Å²) >= 11 is 0. The summed E-state index contributed by atoms with van der Waals surface area (Å²) in [6, 6.07) is 9.52. The number of Topliss-reactive ketones (excluding diaryl/α,β-unsaturated/α-hetero) is 1. The van der Waals surface area contributed by atoms with Crippen LogP contribution in [-0.2, 0) is 17.8 Å². The van der Waals surface area contributed by atoms with E-state index in [1.54, 1.807) is 11.8 Å². The van der Waals surface area contributed by atoms with Crippen LogP contribution in [0.4, 0.5) is 0 Å². The van der Waals surface area contributed by atoms with Crippen molar-refractivity contribution < 1.29 is 23.9 Å². The summed E-state index contributed by atoms with van der Waals surface area (Å²) in [7, 11) is 0. The molecule has 6 heteroatoms. The van der Waals surface area contributed by atoms with Gasteiger partial charge in [0.1, 0.15) is 5.76 Å². The second-order valence-electron chi connectivity index (χ2n) is 6.84. The number of carboxylic acids is 1. The van der Waals surface area contributed by atoms with Gasteiger partial charge in [0.15, 0.2) is 11.5 Å². The Morgan fingerprint density at radius 1 is 1.19 bits per heavy atom. The third kappa shape index (κ3) is 4.27. The molecule has 27 heavy (non-hydrogen) atoms. The van der Waals surface area contributed by atoms with E-state index in [1.807, 2.05) is 30.3 Å². The fourth-order valence-corrected chi connectivity index (χ4v) is 3.47. The van der Waals surface area contributed by atoms with E-state index in [9.17, 15) is 14.4 Å². The number of furan rings is 1. The second kappa shape index (κ2) is 8.20. The summed E-state index contributed by atoms with van der Waals surface area (Å²) in [5, 5.41) is 8.90. The van der Waals surface area contributed by atoms with E-state index in [4.69, 9.17) is 9.52 Å². The van der Waals surface area contributed by atoms with Gasteiger partial charge < -0.3 is 14.4 Å². The Labute approximate surface area is 157 Å². The molecular weight excluding hydrogens is 346 g/mol. The molecule has 0 radical (unpaired) electrons. The Hall–Kier alpha value is -2.89. The maximum Gasteiger partial charge on any atom is 0.303 e. The van der Waals surface area contributed by atoms with Crippen LogP contribution >= 0.6 is 0 Å². The monoisotopic (exact) mass is 369 g/mol. The lowest BCUT2D eigenvalue weighted by Gasteiger charge is -2.22. The smallest absolute Gasteiger partial charge is 0.303 e. The van der Waals surface area contributed by atoms with Gasteiger partial charge in [-0.2, -0.15) is 0 Å². The van der Waals surface area contributed by atoms with Crippen molar-refractivity contribution in [3.63, 3.8) is 0 Å². The number of rotatable bonds is 7. The molecule has 1 amide bonds. The zero-order valence-corrected chi connectivity index (χ0v) is 15.4. The van der Waals surface area contributed by atoms with Crippen LogP contribution in [-0.4, -0.2) is 34.2 Å². The lowest BCUT2D eigenvalue weighted by atomic mass is 9.94. The molecule has 1 aromatic heterocycles. The molecule has 0 spiro atoms. The SMILES string of the molecule is Cc1c(C(=O)N(CCCC(=O)O)Cc2ccccc2)oc2c1C(=O)CCC2. The number of hydrogen-bond acceptors (Lipinski definition) is 4. The van der Waals surface area contributed by atoms with Crippen molar-refractivity contribution in [2.45, 2.75) is 45.6 Å². The van der Waals surface area contributed by atoms with E-state index >= 15 is 0 Å². The molecule has 0 atom stereocenters. The van der Waals surface area contributed by atoms with Crippen molar-refractivity contribution in [1.82, 2.24) is 4.90 Å². The second-order valence-corrected chi connectivity index (χ2v) is 6.84. The first-order valence-corrected chi connectivity index (χ1v) is 9.18. The van der Waals surface area contributed by atoms with E-state index in [-0.39, 0.29) is 23.9 Å². The molecular formula is C21H23NO5. The van der Waals surface area contributed by atoms with Crippen LogP contribution < -0.4 is 0 Å². The molecule has 142 valence electrons. The van der Waals surface area contributed by atoms with Gasteiger partial charge in [-0.15, -0.1) is 0 Å². The van der Waals surface area contributed by atoms with Gasteiger partial charge in [0.2, 0.25) is 0 Å². The molecule has 6 nitrogen and oxygen atoms in total. The van der Waals surface area contributed by atoms with Crippen LogP contribution in [0.15, 0.2) is 34.7 Å². The highest BCUT2D eigenvalue weighted by Gasteiger charge is 2.30. The minimum atomic E-state index is -0.891. The molecule has 1 aliphatic carbocycles. The first-order valence-electron chi connectivity index (χ1n) is 9.18. The minimum absolute atomic E-state index is 0.00923. The van der Waals surface area contributed by atoms with Gasteiger partial charge in [0.25, 0.3) is 5.91 Å². The number of carbonyl (C=O) groups excluding carboxylic acids is 2. The Balaban J connectivity index is 1.85. The first kappa shape index (κ1) is 18.9. The van der Waals surface area contributed by atoms with Gasteiger partial charge >= 0.3 is 5.97 Å². The lowest BCUT2D eigenvalue weighted by Crippen LogP contribution is -2.32. The topological polar surface area (TPSA) is 87.8 Å². The Kier molecular flexibility index (Phi) is 5.74. The number of fused-ring (bicyclic) bond motifs is 1. The molecule has 1 heterocycles. The predicted molar refractivity (Wildman–Crippen MR) is 98.8 cm³/mol. The third-order valence-electron chi connectivity index (χ3n) is 4.82. The standard InChI is InChI=1S/C21H23NO5/c1-14-19-16(23)9-5-10-17(19)27-20(14)21(26)22(12-6-11-18(24)25)13-15-7-3-2-4-8-15/h2-4,7-8H,5-6,9-13H2,1H3,(H,24,25). The van der Waals surface area contributed by atoms with Gasteiger partial charge in [-0.3, -0.25) is 14.4 Å². The van der Waals surface area contributed by atoms with E-state index in [0.717, 1.165) is 12.0 Å². The molecule has 0 bridgehead atoms. The van der Waals surface area contributed by atoms with Crippen LogP contribution in [0.1, 0.15) is 63.5 Å². The highest BCUT2D eigenvalue weighted by molar-refractivity contribution is 6.03. The number of nitrogens with zero attached hydrogens (tertiary/aromatic N) is 1. The van der Waals surface area contributed by atoms with Gasteiger partial charge in [-0.25, -0.2) is 0 Å². The molecule has 0 saturated heterocycles. The number of aliphatic carboxylic acids is 1. The number of ketones is 1. The van der Waals surface area contributed by atoms with E-state index in [1.165, 1.54) is 0 Å². The zero-order valence-electron chi connectivity index (χ0n) is 15.4. The Morgan fingerprint density at radius 3 is 2.59 bits per heavy atom. The summed E-state index contributed by atoms with van der Waals surface area (Å²) in [6.07, 6.45) is 2.22. The third-order valence-corrected chi connectivity index (χ3v) is 4.82.